The number of rotatable bonds is 1. The second kappa shape index (κ2) is 1.00. The average molecular weight is 83.1 g/mol. The zero-order valence-corrected chi connectivity index (χ0v) is 4.15. The van der Waals surface area contributed by atoms with E-state index in [1.165, 1.54) is 5.70 Å². The fourth-order valence-electron chi connectivity index (χ4n) is 0.532. The highest BCUT2D eigenvalue weighted by molar-refractivity contribution is 5.24. The highest BCUT2D eigenvalue weighted by Crippen LogP contribution is 2.23. The number of hydrogen-bond acceptors (Lipinski definition) is 1. The van der Waals surface area contributed by atoms with E-state index < -0.39 is 0 Å². The number of nitrogens with one attached hydrogen (secondary N) is 1. The molecule has 0 fully saturated rings. The first kappa shape index (κ1) is 3.72. The van der Waals surface area contributed by atoms with Gasteiger partial charge in [0.05, 0.1) is 0 Å². The summed E-state index contributed by atoms with van der Waals surface area (Å²) in [5, 5.41) is 3.05. The van der Waals surface area contributed by atoms with E-state index in [2.05, 4.69) is 18.3 Å². The first-order chi connectivity index (χ1) is 2.84. The lowest BCUT2D eigenvalue weighted by atomic mass is 10.4. The molecule has 1 nitrogen and oxygen atoms in total. The Morgan fingerprint density at radius 2 is 2.33 bits per heavy atom. The Morgan fingerprint density at radius 1 is 1.83 bits per heavy atom. The van der Waals surface area contributed by atoms with Gasteiger partial charge in [-0.25, -0.2) is 0 Å². The topological polar surface area (TPSA) is 12.0 Å². The Balaban J connectivity index is 2.23. The van der Waals surface area contributed by atoms with E-state index in [0.29, 0.717) is 0 Å². The van der Waals surface area contributed by atoms with Crippen molar-refractivity contribution in [2.75, 3.05) is 7.05 Å². The number of allylic oxidation sites excluding steroid dienone is 2. The van der Waals surface area contributed by atoms with Gasteiger partial charge in [-0.1, -0.05) is 13.0 Å². The van der Waals surface area contributed by atoms with Crippen molar-refractivity contribution in [1.82, 2.24) is 5.32 Å². The van der Waals surface area contributed by atoms with E-state index in [1.807, 2.05) is 7.05 Å². The Hall–Kier alpha value is -0.460. The van der Waals surface area contributed by atoms with Gasteiger partial charge in [0, 0.05) is 18.7 Å². The lowest BCUT2D eigenvalue weighted by molar-refractivity contribution is 0.908. The van der Waals surface area contributed by atoms with E-state index in [0.717, 1.165) is 5.92 Å². The SMILES string of the molecule is CNC1=CC1C. The minimum Gasteiger partial charge on any atom is -0.391 e. The van der Waals surface area contributed by atoms with E-state index in [4.69, 9.17) is 0 Å². The van der Waals surface area contributed by atoms with Gasteiger partial charge in [0.1, 0.15) is 0 Å². The van der Waals surface area contributed by atoms with Crippen molar-refractivity contribution in [3.63, 3.8) is 0 Å². The van der Waals surface area contributed by atoms with Crippen LogP contribution < -0.4 is 5.32 Å². The molecular formula is C5H9N. The van der Waals surface area contributed by atoms with Crippen molar-refractivity contribution >= 4 is 0 Å². The normalized spacial score (nSPS) is 29.0. The van der Waals surface area contributed by atoms with Crippen LogP contribution in [0.3, 0.4) is 0 Å². The van der Waals surface area contributed by atoms with Gasteiger partial charge in [0.25, 0.3) is 0 Å². The fourth-order valence-corrected chi connectivity index (χ4v) is 0.532. The summed E-state index contributed by atoms with van der Waals surface area (Å²) in [6, 6.07) is 0. The predicted octanol–water partition coefficient (Wildman–Crippen LogP) is 0.739. The Kier molecular flexibility index (Phi) is 0.621. The van der Waals surface area contributed by atoms with E-state index in [1.54, 1.807) is 0 Å². The van der Waals surface area contributed by atoms with Gasteiger partial charge in [0.15, 0.2) is 0 Å². The highest BCUT2D eigenvalue weighted by atomic mass is 14.9. The van der Waals surface area contributed by atoms with Gasteiger partial charge in [-0.2, -0.15) is 0 Å². The molecule has 1 heteroatoms. The zero-order chi connectivity index (χ0) is 4.57. The van der Waals surface area contributed by atoms with Gasteiger partial charge in [-0.15, -0.1) is 0 Å². The minimum absolute atomic E-state index is 0.745. The summed E-state index contributed by atoms with van der Waals surface area (Å²) in [4.78, 5) is 0. The van der Waals surface area contributed by atoms with Gasteiger partial charge < -0.3 is 5.32 Å². The first-order valence-electron chi connectivity index (χ1n) is 2.24. The Labute approximate surface area is 38.1 Å². The molecule has 1 rings (SSSR count). The predicted molar refractivity (Wildman–Crippen MR) is 26.3 cm³/mol. The molecular weight excluding hydrogens is 74.1 g/mol. The molecule has 0 aromatic heterocycles. The third kappa shape index (κ3) is 0.402. The highest BCUT2D eigenvalue weighted by Gasteiger charge is 2.15. The molecule has 0 saturated heterocycles. The quantitative estimate of drug-likeness (QED) is 0.493. The summed E-state index contributed by atoms with van der Waals surface area (Å²) < 4.78 is 0. The van der Waals surface area contributed by atoms with Crippen molar-refractivity contribution in [2.24, 2.45) is 5.92 Å². The van der Waals surface area contributed by atoms with Gasteiger partial charge >= 0.3 is 0 Å². The standard InChI is InChI=1S/C5H9N/c1-4-3-5(4)6-2/h3-4,6H,1-2H3. The molecule has 1 N–H and O–H groups in total. The molecule has 0 radical (unpaired) electrons. The molecule has 0 saturated carbocycles. The lowest BCUT2D eigenvalue weighted by Crippen LogP contribution is -1.97. The molecule has 34 valence electrons. The van der Waals surface area contributed by atoms with Gasteiger partial charge in [-0.3, -0.25) is 0 Å². The molecule has 0 spiro atoms. The minimum atomic E-state index is 0.745. The summed E-state index contributed by atoms with van der Waals surface area (Å²) in [6.07, 6.45) is 2.19. The molecule has 0 amide bonds. The molecule has 1 unspecified atom stereocenters. The third-order valence-electron chi connectivity index (χ3n) is 1.10. The van der Waals surface area contributed by atoms with Gasteiger partial charge in [0.2, 0.25) is 0 Å². The molecule has 0 aliphatic heterocycles. The van der Waals surface area contributed by atoms with Crippen LogP contribution in [0.4, 0.5) is 0 Å². The monoisotopic (exact) mass is 83.1 g/mol. The average Bonchev–Trinajstić information content (AvgIpc) is 2.19. The van der Waals surface area contributed by atoms with Crippen LogP contribution in [0.15, 0.2) is 11.8 Å². The first-order valence-corrected chi connectivity index (χ1v) is 2.24. The maximum atomic E-state index is 3.05. The second-order valence-corrected chi connectivity index (χ2v) is 1.66. The largest absolute Gasteiger partial charge is 0.391 e. The van der Waals surface area contributed by atoms with Crippen LogP contribution in [-0.4, -0.2) is 7.05 Å². The van der Waals surface area contributed by atoms with Crippen molar-refractivity contribution in [2.45, 2.75) is 6.92 Å². The summed E-state index contributed by atoms with van der Waals surface area (Å²) in [7, 11) is 1.95. The summed E-state index contributed by atoms with van der Waals surface area (Å²) >= 11 is 0. The Bertz CT molecular complexity index is 83.9. The smallest absolute Gasteiger partial charge is 0.0155 e. The van der Waals surface area contributed by atoms with Crippen LogP contribution in [0.2, 0.25) is 0 Å². The van der Waals surface area contributed by atoms with Crippen LogP contribution in [0.5, 0.6) is 0 Å². The van der Waals surface area contributed by atoms with Crippen LogP contribution >= 0.6 is 0 Å². The molecule has 1 atom stereocenters. The molecule has 0 bridgehead atoms. The van der Waals surface area contributed by atoms with Gasteiger partial charge in [-0.05, 0) is 0 Å². The molecule has 6 heavy (non-hydrogen) atoms. The second-order valence-electron chi connectivity index (χ2n) is 1.66. The molecule has 1 aliphatic carbocycles. The van der Waals surface area contributed by atoms with Crippen LogP contribution in [0, 0.1) is 5.92 Å². The summed E-state index contributed by atoms with van der Waals surface area (Å²) in [5.41, 5.74) is 1.38. The summed E-state index contributed by atoms with van der Waals surface area (Å²) in [6.45, 7) is 2.17. The fraction of sp³-hybridized carbons (Fsp3) is 0.600. The van der Waals surface area contributed by atoms with E-state index in [-0.39, 0.29) is 0 Å². The number of hydrogen-bond donors (Lipinski definition) is 1. The van der Waals surface area contributed by atoms with Crippen molar-refractivity contribution in [3.05, 3.63) is 11.8 Å². The maximum absolute atomic E-state index is 3.05. The van der Waals surface area contributed by atoms with Crippen LogP contribution in [0.1, 0.15) is 6.92 Å². The molecule has 0 aromatic rings. The van der Waals surface area contributed by atoms with Crippen molar-refractivity contribution in [1.29, 1.82) is 0 Å². The van der Waals surface area contributed by atoms with Crippen LogP contribution in [-0.2, 0) is 0 Å². The zero-order valence-electron chi connectivity index (χ0n) is 4.15. The van der Waals surface area contributed by atoms with E-state index >= 15 is 0 Å². The lowest BCUT2D eigenvalue weighted by Gasteiger charge is -1.85. The van der Waals surface area contributed by atoms with Crippen molar-refractivity contribution in [3.8, 4) is 0 Å². The van der Waals surface area contributed by atoms with Crippen molar-refractivity contribution < 1.29 is 0 Å². The van der Waals surface area contributed by atoms with Crippen LogP contribution in [0.25, 0.3) is 0 Å². The molecule has 0 aromatic carbocycles. The third-order valence-corrected chi connectivity index (χ3v) is 1.10. The Morgan fingerprint density at radius 3 is 2.33 bits per heavy atom. The molecule has 1 aliphatic rings. The maximum Gasteiger partial charge on any atom is 0.0155 e. The van der Waals surface area contributed by atoms with E-state index in [9.17, 15) is 0 Å². The molecule has 0 heterocycles. The summed E-state index contributed by atoms with van der Waals surface area (Å²) in [5.74, 6) is 0.745.